The van der Waals surface area contributed by atoms with Crippen molar-refractivity contribution in [1.82, 2.24) is 9.78 Å². The molecule has 1 aromatic heterocycles. The van der Waals surface area contributed by atoms with E-state index in [1.54, 1.807) is 0 Å². The van der Waals surface area contributed by atoms with Gasteiger partial charge in [0.15, 0.2) is 0 Å². The second-order valence-corrected chi connectivity index (χ2v) is 4.43. The number of aryl methyl sites for hydroxylation is 1. The summed E-state index contributed by atoms with van der Waals surface area (Å²) in [4.78, 5) is 0. The van der Waals surface area contributed by atoms with E-state index < -0.39 is 0 Å². The summed E-state index contributed by atoms with van der Waals surface area (Å²) in [6.07, 6.45) is 4.97. The second kappa shape index (κ2) is 5.53. The molecule has 1 heterocycles. The first-order valence-corrected chi connectivity index (χ1v) is 6.03. The Balaban J connectivity index is 1.79. The third-order valence-electron chi connectivity index (χ3n) is 2.98. The highest BCUT2D eigenvalue weighted by Crippen LogP contribution is 2.18. The van der Waals surface area contributed by atoms with Gasteiger partial charge < -0.3 is 5.32 Å². The Morgan fingerprint density at radius 2 is 2.06 bits per heavy atom. The molecule has 0 aliphatic carbocycles. The quantitative estimate of drug-likeness (QED) is 0.854. The Kier molecular flexibility index (Phi) is 3.81. The van der Waals surface area contributed by atoms with Crippen LogP contribution in [0.5, 0.6) is 0 Å². The smallest absolute Gasteiger partial charge is 0.0726 e. The molecule has 0 fully saturated rings. The topological polar surface area (TPSA) is 29.9 Å². The lowest BCUT2D eigenvalue weighted by atomic mass is 9.98. The van der Waals surface area contributed by atoms with E-state index in [1.165, 1.54) is 5.56 Å². The van der Waals surface area contributed by atoms with Gasteiger partial charge in [-0.3, -0.25) is 4.68 Å². The fraction of sp³-hybridized carbons (Fsp3) is 0.357. The van der Waals surface area contributed by atoms with E-state index in [2.05, 4.69) is 47.7 Å². The lowest BCUT2D eigenvalue weighted by molar-refractivity contribution is 0.706. The zero-order chi connectivity index (χ0) is 12.1. The van der Waals surface area contributed by atoms with Crippen molar-refractivity contribution in [2.45, 2.75) is 19.3 Å². The van der Waals surface area contributed by atoms with Gasteiger partial charge in [-0.15, -0.1) is 0 Å². The molecule has 0 spiro atoms. The normalized spacial score (nSPS) is 12.4. The van der Waals surface area contributed by atoms with Gasteiger partial charge in [0.2, 0.25) is 0 Å². The zero-order valence-corrected chi connectivity index (χ0v) is 10.4. The van der Waals surface area contributed by atoms with Crippen molar-refractivity contribution >= 4 is 5.69 Å². The number of rotatable bonds is 5. The largest absolute Gasteiger partial charge is 0.382 e. The number of nitrogens with one attached hydrogen (secondary N) is 1. The molecule has 1 atom stereocenters. The fourth-order valence-electron chi connectivity index (χ4n) is 1.89. The predicted octanol–water partition coefficient (Wildman–Crippen LogP) is 3.03. The molecule has 3 nitrogen and oxygen atoms in total. The molecular formula is C14H19N3. The monoisotopic (exact) mass is 229 g/mol. The molecule has 1 unspecified atom stereocenters. The SMILES string of the molecule is CC(CCNc1cnn(C)c1)c1ccccc1. The highest BCUT2D eigenvalue weighted by atomic mass is 15.3. The number of aromatic nitrogens is 2. The first kappa shape index (κ1) is 11.7. The van der Waals surface area contributed by atoms with Gasteiger partial charge in [0.05, 0.1) is 11.9 Å². The van der Waals surface area contributed by atoms with Crippen molar-refractivity contribution in [2.75, 3.05) is 11.9 Å². The second-order valence-electron chi connectivity index (χ2n) is 4.43. The highest BCUT2D eigenvalue weighted by molar-refractivity contribution is 5.37. The van der Waals surface area contributed by atoms with Gasteiger partial charge in [0, 0.05) is 19.8 Å². The van der Waals surface area contributed by atoms with Crippen LogP contribution in [-0.2, 0) is 7.05 Å². The summed E-state index contributed by atoms with van der Waals surface area (Å²) in [5.41, 5.74) is 2.49. The van der Waals surface area contributed by atoms with Gasteiger partial charge in [-0.25, -0.2) is 0 Å². The number of hydrogen-bond donors (Lipinski definition) is 1. The molecule has 1 N–H and O–H groups in total. The van der Waals surface area contributed by atoms with Crippen LogP contribution in [0.4, 0.5) is 5.69 Å². The minimum Gasteiger partial charge on any atom is -0.382 e. The van der Waals surface area contributed by atoms with Gasteiger partial charge in [0.1, 0.15) is 0 Å². The van der Waals surface area contributed by atoms with Crippen molar-refractivity contribution < 1.29 is 0 Å². The van der Waals surface area contributed by atoms with Crippen LogP contribution in [0.25, 0.3) is 0 Å². The molecule has 0 bridgehead atoms. The molecule has 0 aliphatic heterocycles. The maximum absolute atomic E-state index is 4.13. The van der Waals surface area contributed by atoms with Crippen LogP contribution in [-0.4, -0.2) is 16.3 Å². The van der Waals surface area contributed by atoms with Crippen molar-refractivity contribution in [3.05, 3.63) is 48.3 Å². The summed E-state index contributed by atoms with van der Waals surface area (Å²) in [7, 11) is 1.93. The van der Waals surface area contributed by atoms with Gasteiger partial charge in [-0.1, -0.05) is 37.3 Å². The van der Waals surface area contributed by atoms with E-state index in [4.69, 9.17) is 0 Å². The van der Waals surface area contributed by atoms with Gasteiger partial charge in [-0.2, -0.15) is 5.10 Å². The molecule has 2 rings (SSSR count). The molecule has 0 saturated heterocycles. The Morgan fingerprint density at radius 1 is 1.29 bits per heavy atom. The van der Waals surface area contributed by atoms with E-state index in [0.29, 0.717) is 5.92 Å². The summed E-state index contributed by atoms with van der Waals surface area (Å²) < 4.78 is 1.81. The van der Waals surface area contributed by atoms with Crippen molar-refractivity contribution in [3.63, 3.8) is 0 Å². The Labute approximate surface area is 102 Å². The van der Waals surface area contributed by atoms with Gasteiger partial charge >= 0.3 is 0 Å². The summed E-state index contributed by atoms with van der Waals surface area (Å²) in [5.74, 6) is 0.584. The lowest BCUT2D eigenvalue weighted by Gasteiger charge is -2.12. The van der Waals surface area contributed by atoms with E-state index >= 15 is 0 Å². The van der Waals surface area contributed by atoms with Gasteiger partial charge in [0.25, 0.3) is 0 Å². The Bertz CT molecular complexity index is 448. The maximum atomic E-state index is 4.13. The molecule has 90 valence electrons. The highest BCUT2D eigenvalue weighted by Gasteiger charge is 2.04. The molecule has 3 heteroatoms. The molecule has 17 heavy (non-hydrogen) atoms. The van der Waals surface area contributed by atoms with Crippen molar-refractivity contribution in [3.8, 4) is 0 Å². The molecule has 0 aliphatic rings. The first-order chi connectivity index (χ1) is 8.25. The van der Waals surface area contributed by atoms with Crippen LogP contribution in [0, 0.1) is 0 Å². The number of nitrogens with zero attached hydrogens (tertiary/aromatic N) is 2. The molecular weight excluding hydrogens is 210 g/mol. The van der Waals surface area contributed by atoms with Crippen LogP contribution in [0.1, 0.15) is 24.8 Å². The third-order valence-corrected chi connectivity index (χ3v) is 2.98. The van der Waals surface area contributed by atoms with E-state index in [1.807, 2.05) is 24.1 Å². The lowest BCUT2D eigenvalue weighted by Crippen LogP contribution is -2.05. The summed E-state index contributed by atoms with van der Waals surface area (Å²) in [5, 5.41) is 7.51. The summed E-state index contributed by atoms with van der Waals surface area (Å²) in [6.45, 7) is 3.24. The molecule has 2 aromatic rings. The van der Waals surface area contributed by atoms with E-state index in [0.717, 1.165) is 18.7 Å². The van der Waals surface area contributed by atoms with E-state index in [9.17, 15) is 0 Å². The third kappa shape index (κ3) is 3.34. The van der Waals surface area contributed by atoms with Crippen LogP contribution in [0.3, 0.4) is 0 Å². The molecule has 0 radical (unpaired) electrons. The summed E-state index contributed by atoms with van der Waals surface area (Å²) >= 11 is 0. The zero-order valence-electron chi connectivity index (χ0n) is 10.4. The average molecular weight is 229 g/mol. The van der Waals surface area contributed by atoms with Crippen LogP contribution in [0.2, 0.25) is 0 Å². The van der Waals surface area contributed by atoms with E-state index in [-0.39, 0.29) is 0 Å². The van der Waals surface area contributed by atoms with Crippen molar-refractivity contribution in [2.24, 2.45) is 7.05 Å². The predicted molar refractivity (Wildman–Crippen MR) is 71.2 cm³/mol. The molecule has 0 amide bonds. The standard InChI is InChI=1S/C14H19N3/c1-12(13-6-4-3-5-7-13)8-9-15-14-10-16-17(2)11-14/h3-7,10-12,15H,8-9H2,1-2H3. The molecule has 0 saturated carbocycles. The minimum absolute atomic E-state index is 0.584. The molecule has 1 aromatic carbocycles. The fourth-order valence-corrected chi connectivity index (χ4v) is 1.89. The summed E-state index contributed by atoms with van der Waals surface area (Å²) in [6, 6.07) is 10.6. The Morgan fingerprint density at radius 3 is 2.71 bits per heavy atom. The van der Waals surface area contributed by atoms with Crippen LogP contribution >= 0.6 is 0 Å². The minimum atomic E-state index is 0.584. The average Bonchev–Trinajstić information content (AvgIpc) is 2.76. The number of anilines is 1. The van der Waals surface area contributed by atoms with Crippen LogP contribution in [0.15, 0.2) is 42.7 Å². The Hall–Kier alpha value is -1.77. The number of benzene rings is 1. The first-order valence-electron chi connectivity index (χ1n) is 6.03. The maximum Gasteiger partial charge on any atom is 0.0726 e. The van der Waals surface area contributed by atoms with Crippen LogP contribution < -0.4 is 5.32 Å². The number of hydrogen-bond acceptors (Lipinski definition) is 2. The van der Waals surface area contributed by atoms with Crippen molar-refractivity contribution in [1.29, 1.82) is 0 Å². The van der Waals surface area contributed by atoms with Gasteiger partial charge in [-0.05, 0) is 17.9 Å².